The maximum absolute atomic E-state index is 14.0. The van der Waals surface area contributed by atoms with E-state index in [2.05, 4.69) is 26.7 Å². The van der Waals surface area contributed by atoms with Crippen molar-refractivity contribution < 1.29 is 4.74 Å². The third-order valence-corrected chi connectivity index (χ3v) is 9.08. The van der Waals surface area contributed by atoms with E-state index in [1.165, 1.54) is 12.0 Å². The fourth-order valence-corrected chi connectivity index (χ4v) is 6.04. The van der Waals surface area contributed by atoms with Crippen LogP contribution in [0.4, 0.5) is 11.6 Å². The summed E-state index contributed by atoms with van der Waals surface area (Å²) in [5.74, 6) is 1.06. The number of thiophene rings is 1. The summed E-state index contributed by atoms with van der Waals surface area (Å²) in [6, 6.07) is 14.1. The number of aryl methyl sites for hydroxylation is 1. The number of nitrogens with zero attached hydrogens (tertiary/aromatic N) is 6. The summed E-state index contributed by atoms with van der Waals surface area (Å²) in [4.78, 5) is 29.3. The van der Waals surface area contributed by atoms with E-state index >= 15 is 0 Å². The third-order valence-electron chi connectivity index (χ3n) is 7.39. The molecule has 11 heteroatoms. The average Bonchev–Trinajstić information content (AvgIpc) is 3.67. The van der Waals surface area contributed by atoms with Crippen molar-refractivity contribution in [2.75, 3.05) is 31.8 Å². The molecule has 0 radical (unpaired) electrons. The molecular weight excluding hydrogens is 555 g/mol. The molecule has 0 saturated carbocycles. The predicted octanol–water partition coefficient (Wildman–Crippen LogP) is 6.12. The summed E-state index contributed by atoms with van der Waals surface area (Å²) in [5.41, 5.74) is 3.91. The van der Waals surface area contributed by atoms with Gasteiger partial charge < -0.3 is 14.6 Å². The minimum absolute atomic E-state index is 0.125. The van der Waals surface area contributed by atoms with E-state index in [1.807, 2.05) is 66.8 Å². The number of rotatable bonds is 9. The van der Waals surface area contributed by atoms with Gasteiger partial charge in [-0.15, -0.1) is 11.3 Å². The Bertz CT molecular complexity index is 1690. The Morgan fingerprint density at radius 2 is 2.05 bits per heavy atom. The first-order chi connectivity index (χ1) is 20.0. The summed E-state index contributed by atoms with van der Waals surface area (Å²) >= 11 is 3.25. The van der Waals surface area contributed by atoms with Crippen LogP contribution in [-0.4, -0.2) is 54.8 Å². The van der Waals surface area contributed by atoms with E-state index in [4.69, 9.17) is 14.7 Å². The van der Waals surface area contributed by atoms with Crippen LogP contribution in [0.25, 0.3) is 33.0 Å². The van der Waals surface area contributed by atoms with Crippen molar-refractivity contribution in [3.8, 4) is 22.0 Å². The number of hydrogen-bond donors (Lipinski definition) is 1. The number of anilines is 2. The standard InChI is InChI=1S/C30H33N7O2S2/c1-35-19-24(26-8-6-16-41-26)33-28(35)23-17-21-18-31-30(34-27(21)37(29(23)38)14-13-36(2)40-3)32-22-11-9-20(10-12-22)25-7-4-5-15-39-25/h6,8-12,16-19,25H,4-5,7,13-15H2,1-3H3,(H,31,32,34). The summed E-state index contributed by atoms with van der Waals surface area (Å²) in [6.45, 7) is 1.98. The number of imidazole rings is 1. The number of pyridine rings is 1. The van der Waals surface area contributed by atoms with Gasteiger partial charge in [-0.1, -0.05) is 30.1 Å². The minimum Gasteiger partial charge on any atom is -0.374 e. The second kappa shape index (κ2) is 12.2. The molecular formula is C30H33N7O2S2. The SMILES string of the molecule is CSN(C)CCn1c(=O)c(-c2nc(-c3cccs3)cn2C)cc2cnc(Nc3ccc(C4CCCCO4)cc3)nc21. The van der Waals surface area contributed by atoms with E-state index in [1.54, 1.807) is 34.0 Å². The summed E-state index contributed by atoms with van der Waals surface area (Å²) < 4.78 is 11.7. The molecule has 1 saturated heterocycles. The topological polar surface area (TPSA) is 90.1 Å². The third kappa shape index (κ3) is 5.94. The van der Waals surface area contributed by atoms with Gasteiger partial charge in [0, 0.05) is 50.2 Å². The van der Waals surface area contributed by atoms with Crippen molar-refractivity contribution in [2.45, 2.75) is 31.9 Å². The predicted molar refractivity (Wildman–Crippen MR) is 168 cm³/mol. The van der Waals surface area contributed by atoms with Crippen LogP contribution in [-0.2, 0) is 18.3 Å². The van der Waals surface area contributed by atoms with Crippen LogP contribution in [0.5, 0.6) is 0 Å². The van der Waals surface area contributed by atoms with Gasteiger partial charge in [0.1, 0.15) is 11.5 Å². The first kappa shape index (κ1) is 27.6. The molecule has 1 unspecified atom stereocenters. The largest absolute Gasteiger partial charge is 0.374 e. The lowest BCUT2D eigenvalue weighted by Crippen LogP contribution is -2.28. The minimum atomic E-state index is -0.125. The maximum Gasteiger partial charge on any atom is 0.263 e. The Hall–Kier alpha value is -3.51. The van der Waals surface area contributed by atoms with E-state index in [9.17, 15) is 4.79 Å². The number of hydrogen-bond acceptors (Lipinski definition) is 9. The Labute approximate surface area is 247 Å². The van der Waals surface area contributed by atoms with E-state index in [0.717, 1.165) is 41.1 Å². The molecule has 0 amide bonds. The molecule has 0 spiro atoms. The number of likely N-dealkylation sites (N-methyl/N-ethyl adjacent to an activating group) is 1. The molecule has 212 valence electrons. The van der Waals surface area contributed by atoms with Gasteiger partial charge in [0.25, 0.3) is 5.56 Å². The van der Waals surface area contributed by atoms with Crippen molar-refractivity contribution in [2.24, 2.45) is 7.05 Å². The maximum atomic E-state index is 14.0. The molecule has 1 aromatic carbocycles. The summed E-state index contributed by atoms with van der Waals surface area (Å²) in [5, 5.41) is 6.12. The normalized spacial score (nSPS) is 15.6. The van der Waals surface area contributed by atoms with Gasteiger partial charge in [0.2, 0.25) is 5.95 Å². The zero-order valence-electron chi connectivity index (χ0n) is 23.4. The first-order valence-corrected chi connectivity index (χ1v) is 15.8. The lowest BCUT2D eigenvalue weighted by Gasteiger charge is -2.23. The van der Waals surface area contributed by atoms with E-state index < -0.39 is 0 Å². The van der Waals surface area contributed by atoms with Crippen LogP contribution in [0.15, 0.2) is 65.0 Å². The van der Waals surface area contributed by atoms with Gasteiger partial charge in [-0.05, 0) is 67.8 Å². The van der Waals surface area contributed by atoms with Gasteiger partial charge in [0.15, 0.2) is 0 Å². The zero-order valence-corrected chi connectivity index (χ0v) is 25.0. The highest BCUT2D eigenvalue weighted by molar-refractivity contribution is 7.96. The van der Waals surface area contributed by atoms with Crippen molar-refractivity contribution in [1.82, 2.24) is 28.4 Å². The Kier molecular flexibility index (Phi) is 8.20. The van der Waals surface area contributed by atoms with Crippen molar-refractivity contribution in [3.05, 3.63) is 76.2 Å². The Balaban J connectivity index is 1.35. The van der Waals surface area contributed by atoms with Crippen LogP contribution in [0.2, 0.25) is 0 Å². The van der Waals surface area contributed by atoms with Crippen molar-refractivity contribution in [3.63, 3.8) is 0 Å². The van der Waals surface area contributed by atoms with Crippen molar-refractivity contribution >= 4 is 46.0 Å². The summed E-state index contributed by atoms with van der Waals surface area (Å²) in [7, 11) is 3.93. The molecule has 5 heterocycles. The number of aromatic nitrogens is 5. The smallest absolute Gasteiger partial charge is 0.263 e. The van der Waals surface area contributed by atoms with E-state index in [-0.39, 0.29) is 11.7 Å². The highest BCUT2D eigenvalue weighted by Gasteiger charge is 2.19. The fraction of sp³-hybridized carbons (Fsp3) is 0.333. The molecule has 5 aromatic rings. The van der Waals surface area contributed by atoms with Gasteiger partial charge in [0.05, 0.1) is 22.2 Å². The van der Waals surface area contributed by atoms with Gasteiger partial charge >= 0.3 is 0 Å². The molecule has 41 heavy (non-hydrogen) atoms. The van der Waals surface area contributed by atoms with Crippen molar-refractivity contribution in [1.29, 1.82) is 0 Å². The summed E-state index contributed by atoms with van der Waals surface area (Å²) in [6.07, 6.45) is 9.31. The molecule has 9 nitrogen and oxygen atoms in total. The number of ether oxygens (including phenoxy) is 1. The second-order valence-corrected chi connectivity index (χ2v) is 12.1. The molecule has 1 fully saturated rings. The number of nitrogens with one attached hydrogen (secondary N) is 1. The van der Waals surface area contributed by atoms with Crippen LogP contribution in [0.1, 0.15) is 30.9 Å². The lowest BCUT2D eigenvalue weighted by molar-refractivity contribution is 0.0150. The lowest BCUT2D eigenvalue weighted by atomic mass is 10.0. The fourth-order valence-electron chi connectivity index (χ4n) is 5.09. The number of fused-ring (bicyclic) bond motifs is 1. The second-order valence-electron chi connectivity index (χ2n) is 10.2. The zero-order chi connectivity index (χ0) is 28.3. The van der Waals surface area contributed by atoms with Gasteiger partial charge in [-0.3, -0.25) is 13.7 Å². The molecule has 0 aliphatic carbocycles. The van der Waals surface area contributed by atoms with Gasteiger partial charge in [-0.2, -0.15) is 4.98 Å². The molecule has 1 atom stereocenters. The molecule has 1 aliphatic heterocycles. The molecule has 0 bridgehead atoms. The highest BCUT2D eigenvalue weighted by atomic mass is 32.2. The molecule has 1 N–H and O–H groups in total. The average molecular weight is 588 g/mol. The van der Waals surface area contributed by atoms with Crippen LogP contribution >= 0.6 is 23.3 Å². The van der Waals surface area contributed by atoms with Gasteiger partial charge in [-0.25, -0.2) is 9.97 Å². The Morgan fingerprint density at radius 3 is 2.78 bits per heavy atom. The number of benzene rings is 1. The van der Waals surface area contributed by atoms with Crippen LogP contribution < -0.4 is 10.9 Å². The quantitative estimate of drug-likeness (QED) is 0.207. The monoisotopic (exact) mass is 587 g/mol. The van der Waals surface area contributed by atoms with Crippen LogP contribution in [0, 0.1) is 0 Å². The first-order valence-electron chi connectivity index (χ1n) is 13.7. The van der Waals surface area contributed by atoms with Crippen LogP contribution in [0.3, 0.4) is 0 Å². The highest BCUT2D eigenvalue weighted by Crippen LogP contribution is 2.30. The Morgan fingerprint density at radius 1 is 1.20 bits per heavy atom. The molecule has 4 aromatic heterocycles. The molecule has 6 rings (SSSR count). The van der Waals surface area contributed by atoms with E-state index in [0.29, 0.717) is 36.1 Å². The molecule has 1 aliphatic rings.